The van der Waals surface area contributed by atoms with Crippen molar-refractivity contribution in [3.8, 4) is 0 Å². The van der Waals surface area contributed by atoms with E-state index in [0.717, 1.165) is 34.5 Å². The minimum absolute atomic E-state index is 0.00193. The molecule has 0 radical (unpaired) electrons. The molecule has 28 heavy (non-hydrogen) atoms. The van der Waals surface area contributed by atoms with Crippen LogP contribution in [0.25, 0.3) is 10.8 Å². The molecule has 0 amide bonds. The number of rotatable bonds is 5. The summed E-state index contributed by atoms with van der Waals surface area (Å²) in [5, 5.41) is 7.81. The van der Waals surface area contributed by atoms with E-state index < -0.39 is 22.5 Å². The summed E-state index contributed by atoms with van der Waals surface area (Å²) in [7, 11) is 0. The standard InChI is InChI=1S/C22H16F2N2O2/c1-12(17-8-4-6-13-5-2-3-7-18(13)17)25-19-20(22(28)21(19)27)26-16-10-14(23)9-15(24)11-16/h2-12,25-26H,1H3. The molecule has 0 spiro atoms. The predicted octanol–water partition coefficient (Wildman–Crippen LogP) is 4.63. The van der Waals surface area contributed by atoms with Gasteiger partial charge in [0, 0.05) is 17.8 Å². The van der Waals surface area contributed by atoms with E-state index in [1.807, 2.05) is 49.4 Å². The summed E-state index contributed by atoms with van der Waals surface area (Å²) in [5.74, 6) is -1.56. The molecule has 4 aromatic rings. The van der Waals surface area contributed by atoms with E-state index in [-0.39, 0.29) is 23.1 Å². The molecule has 0 aliphatic carbocycles. The molecular formula is C22H16F2N2O2. The fraction of sp³-hybridized carbons (Fsp3) is 0.0909. The molecule has 4 aromatic carbocycles. The first-order valence-electron chi connectivity index (χ1n) is 8.74. The maximum Gasteiger partial charge on any atom is 0.253 e. The molecule has 1 atom stereocenters. The maximum absolute atomic E-state index is 13.4. The molecule has 0 bridgehead atoms. The van der Waals surface area contributed by atoms with Crippen LogP contribution in [0.2, 0.25) is 0 Å². The van der Waals surface area contributed by atoms with E-state index in [1.165, 1.54) is 0 Å². The predicted molar refractivity (Wildman–Crippen MR) is 107 cm³/mol. The molecule has 2 N–H and O–H groups in total. The minimum atomic E-state index is -0.778. The third kappa shape index (κ3) is 3.13. The molecule has 0 aliphatic rings. The lowest BCUT2D eigenvalue weighted by molar-refractivity contribution is 0.584. The number of halogens is 2. The molecule has 140 valence electrons. The second-order valence-corrected chi connectivity index (χ2v) is 6.63. The zero-order valence-corrected chi connectivity index (χ0v) is 14.9. The first kappa shape index (κ1) is 17.9. The lowest BCUT2D eigenvalue weighted by atomic mass is 9.99. The highest BCUT2D eigenvalue weighted by Crippen LogP contribution is 2.29. The van der Waals surface area contributed by atoms with E-state index in [0.29, 0.717) is 0 Å². The van der Waals surface area contributed by atoms with Crippen LogP contribution < -0.4 is 21.5 Å². The molecule has 0 aromatic heterocycles. The van der Waals surface area contributed by atoms with Gasteiger partial charge in [-0.2, -0.15) is 0 Å². The van der Waals surface area contributed by atoms with E-state index in [4.69, 9.17) is 0 Å². The topological polar surface area (TPSA) is 58.2 Å². The Balaban J connectivity index is 1.65. The number of benzene rings is 3. The summed E-state index contributed by atoms with van der Waals surface area (Å²) >= 11 is 0. The number of hydrogen-bond acceptors (Lipinski definition) is 4. The average molecular weight is 378 g/mol. The monoisotopic (exact) mass is 378 g/mol. The van der Waals surface area contributed by atoms with Crippen molar-refractivity contribution in [2.45, 2.75) is 13.0 Å². The van der Waals surface area contributed by atoms with Crippen molar-refractivity contribution in [3.05, 3.63) is 98.3 Å². The normalized spacial score (nSPS) is 12.2. The van der Waals surface area contributed by atoms with Crippen LogP contribution >= 0.6 is 0 Å². The molecular weight excluding hydrogens is 362 g/mol. The molecule has 0 fully saturated rings. The van der Waals surface area contributed by atoms with Gasteiger partial charge in [0.15, 0.2) is 0 Å². The van der Waals surface area contributed by atoms with Crippen LogP contribution in [0, 0.1) is 11.6 Å². The molecule has 4 rings (SSSR count). The smallest absolute Gasteiger partial charge is 0.253 e. The van der Waals surface area contributed by atoms with Crippen molar-refractivity contribution in [2.75, 3.05) is 10.6 Å². The highest BCUT2D eigenvalue weighted by molar-refractivity contribution is 5.87. The Hall–Kier alpha value is -3.54. The number of nitrogens with one attached hydrogen (secondary N) is 2. The van der Waals surface area contributed by atoms with E-state index in [1.54, 1.807) is 0 Å². The van der Waals surface area contributed by atoms with E-state index >= 15 is 0 Å². The Morgan fingerprint density at radius 3 is 2.21 bits per heavy atom. The molecule has 0 saturated carbocycles. The molecule has 0 aliphatic heterocycles. The van der Waals surface area contributed by atoms with Crippen LogP contribution in [0.1, 0.15) is 18.5 Å². The highest BCUT2D eigenvalue weighted by atomic mass is 19.1. The SMILES string of the molecule is CC(Nc1c(Nc2cc(F)cc(F)c2)c(=O)c1=O)c1cccc2ccccc12. The van der Waals surface area contributed by atoms with Gasteiger partial charge in [-0.15, -0.1) is 0 Å². The summed E-state index contributed by atoms with van der Waals surface area (Å²) in [6.07, 6.45) is 0. The average Bonchev–Trinajstić information content (AvgIpc) is 2.69. The summed E-state index contributed by atoms with van der Waals surface area (Å²) in [4.78, 5) is 24.0. The number of fused-ring (bicyclic) bond motifs is 1. The number of anilines is 3. The van der Waals surface area contributed by atoms with E-state index in [9.17, 15) is 18.4 Å². The van der Waals surface area contributed by atoms with E-state index in [2.05, 4.69) is 10.6 Å². The van der Waals surface area contributed by atoms with Crippen molar-refractivity contribution >= 4 is 27.8 Å². The van der Waals surface area contributed by atoms with Gasteiger partial charge in [-0.1, -0.05) is 42.5 Å². The van der Waals surface area contributed by atoms with Gasteiger partial charge in [0.05, 0.1) is 0 Å². The van der Waals surface area contributed by atoms with Crippen LogP contribution in [-0.2, 0) is 0 Å². The Bertz CT molecular complexity index is 1230. The fourth-order valence-corrected chi connectivity index (χ4v) is 3.34. The van der Waals surface area contributed by atoms with Crippen LogP contribution in [0.3, 0.4) is 0 Å². The van der Waals surface area contributed by atoms with Crippen molar-refractivity contribution in [2.24, 2.45) is 0 Å². The minimum Gasteiger partial charge on any atom is -0.373 e. The third-order valence-electron chi connectivity index (χ3n) is 4.69. The first-order chi connectivity index (χ1) is 13.4. The van der Waals surface area contributed by atoms with Crippen molar-refractivity contribution in [1.82, 2.24) is 0 Å². The van der Waals surface area contributed by atoms with Crippen LogP contribution in [0.15, 0.2) is 70.3 Å². The number of hydrogen-bond donors (Lipinski definition) is 2. The molecule has 4 nitrogen and oxygen atoms in total. The van der Waals surface area contributed by atoms with Gasteiger partial charge in [-0.05, 0) is 35.4 Å². The second kappa shape index (κ2) is 6.88. The first-order valence-corrected chi connectivity index (χ1v) is 8.74. The van der Waals surface area contributed by atoms with Crippen LogP contribution in [-0.4, -0.2) is 0 Å². The lowest BCUT2D eigenvalue weighted by Gasteiger charge is -2.21. The van der Waals surface area contributed by atoms with Crippen LogP contribution in [0.4, 0.5) is 25.8 Å². The zero-order chi connectivity index (χ0) is 19.8. The van der Waals surface area contributed by atoms with Gasteiger partial charge in [-0.25, -0.2) is 8.78 Å². The quantitative estimate of drug-likeness (QED) is 0.497. The lowest BCUT2D eigenvalue weighted by Crippen LogP contribution is -2.37. The summed E-state index contributed by atoms with van der Waals surface area (Å²) in [6.45, 7) is 1.88. The van der Waals surface area contributed by atoms with Gasteiger partial charge >= 0.3 is 0 Å². The third-order valence-corrected chi connectivity index (χ3v) is 4.69. The molecule has 0 heterocycles. The Morgan fingerprint density at radius 1 is 0.821 bits per heavy atom. The van der Waals surface area contributed by atoms with Crippen LogP contribution in [0.5, 0.6) is 0 Å². The van der Waals surface area contributed by atoms with Gasteiger partial charge in [0.1, 0.15) is 23.0 Å². The van der Waals surface area contributed by atoms with Gasteiger partial charge < -0.3 is 10.6 Å². The Morgan fingerprint density at radius 2 is 1.46 bits per heavy atom. The Kier molecular flexibility index (Phi) is 4.39. The van der Waals surface area contributed by atoms with Gasteiger partial charge in [0.2, 0.25) is 0 Å². The van der Waals surface area contributed by atoms with Gasteiger partial charge in [0.25, 0.3) is 10.9 Å². The zero-order valence-electron chi connectivity index (χ0n) is 14.9. The summed E-state index contributed by atoms with van der Waals surface area (Å²) in [5.41, 5.74) is -0.250. The van der Waals surface area contributed by atoms with Gasteiger partial charge in [-0.3, -0.25) is 9.59 Å². The largest absolute Gasteiger partial charge is 0.373 e. The highest BCUT2D eigenvalue weighted by Gasteiger charge is 2.23. The van der Waals surface area contributed by atoms with Crippen molar-refractivity contribution < 1.29 is 8.78 Å². The molecule has 0 saturated heterocycles. The van der Waals surface area contributed by atoms with Crippen molar-refractivity contribution in [1.29, 1.82) is 0 Å². The Labute approximate surface area is 159 Å². The second-order valence-electron chi connectivity index (χ2n) is 6.63. The molecule has 1 unspecified atom stereocenters. The maximum atomic E-state index is 13.4. The molecule has 6 heteroatoms. The summed E-state index contributed by atoms with van der Waals surface area (Å²) < 4.78 is 26.8. The fourth-order valence-electron chi connectivity index (χ4n) is 3.34. The van der Waals surface area contributed by atoms with Crippen molar-refractivity contribution in [3.63, 3.8) is 0 Å². The summed E-state index contributed by atoms with van der Waals surface area (Å²) in [6, 6.07) is 16.3.